The van der Waals surface area contributed by atoms with Crippen LogP contribution in [0, 0.1) is 13.8 Å². The number of aliphatic hydroxyl groups is 1. The number of hydrogen-bond donors (Lipinski definition) is 2. The molecule has 0 radical (unpaired) electrons. The van der Waals surface area contributed by atoms with Gasteiger partial charge in [-0.15, -0.1) is 0 Å². The summed E-state index contributed by atoms with van der Waals surface area (Å²) in [5.41, 5.74) is 3.83. The maximum atomic E-state index is 11.9. The Morgan fingerprint density at radius 3 is 2.58 bits per heavy atom. The first-order valence-electron chi connectivity index (χ1n) is 6.26. The third-order valence-electron chi connectivity index (χ3n) is 2.96. The minimum Gasteiger partial charge on any atom is -0.396 e. The molecular formula is C14H17N3O2. The molecule has 0 fully saturated rings. The van der Waals surface area contributed by atoms with E-state index in [4.69, 9.17) is 5.11 Å². The van der Waals surface area contributed by atoms with Crippen molar-refractivity contribution in [1.29, 1.82) is 0 Å². The highest BCUT2D eigenvalue weighted by Crippen LogP contribution is 2.14. The molecule has 2 N–H and O–H groups in total. The SMILES string of the molecule is Cc1nc2ccc(C(=O)NCCCO)cc2nc1C. The van der Waals surface area contributed by atoms with E-state index in [-0.39, 0.29) is 12.5 Å². The highest BCUT2D eigenvalue weighted by Gasteiger charge is 2.08. The molecule has 0 bridgehead atoms. The maximum absolute atomic E-state index is 11.9. The molecule has 100 valence electrons. The Labute approximate surface area is 111 Å². The lowest BCUT2D eigenvalue weighted by Gasteiger charge is -2.06. The summed E-state index contributed by atoms with van der Waals surface area (Å²) in [6, 6.07) is 5.28. The van der Waals surface area contributed by atoms with E-state index in [0.29, 0.717) is 18.5 Å². The van der Waals surface area contributed by atoms with Gasteiger partial charge in [0.1, 0.15) is 0 Å². The first kappa shape index (κ1) is 13.4. The number of amides is 1. The Morgan fingerprint density at radius 2 is 1.89 bits per heavy atom. The fourth-order valence-electron chi connectivity index (χ4n) is 1.75. The third kappa shape index (κ3) is 3.06. The van der Waals surface area contributed by atoms with Gasteiger partial charge in [-0.2, -0.15) is 0 Å². The molecule has 1 aromatic heterocycles. The number of hydrogen-bond acceptors (Lipinski definition) is 4. The van der Waals surface area contributed by atoms with Crippen LogP contribution in [0.1, 0.15) is 28.2 Å². The van der Waals surface area contributed by atoms with E-state index in [1.807, 2.05) is 13.8 Å². The first-order chi connectivity index (χ1) is 9.11. The molecule has 0 aliphatic heterocycles. The van der Waals surface area contributed by atoms with Gasteiger partial charge in [0, 0.05) is 18.7 Å². The van der Waals surface area contributed by atoms with Gasteiger partial charge < -0.3 is 10.4 Å². The van der Waals surface area contributed by atoms with Crippen molar-refractivity contribution >= 4 is 16.9 Å². The van der Waals surface area contributed by atoms with Crippen LogP contribution in [0.15, 0.2) is 18.2 Å². The lowest BCUT2D eigenvalue weighted by molar-refractivity contribution is 0.0951. The number of rotatable bonds is 4. The van der Waals surface area contributed by atoms with Crippen LogP contribution >= 0.6 is 0 Å². The van der Waals surface area contributed by atoms with Crippen molar-refractivity contribution in [3.8, 4) is 0 Å². The monoisotopic (exact) mass is 259 g/mol. The lowest BCUT2D eigenvalue weighted by Crippen LogP contribution is -2.25. The number of nitrogens with one attached hydrogen (secondary N) is 1. The largest absolute Gasteiger partial charge is 0.396 e. The molecule has 19 heavy (non-hydrogen) atoms. The second kappa shape index (κ2) is 5.75. The van der Waals surface area contributed by atoms with E-state index in [1.54, 1.807) is 18.2 Å². The zero-order valence-electron chi connectivity index (χ0n) is 11.1. The van der Waals surface area contributed by atoms with Crippen molar-refractivity contribution in [3.63, 3.8) is 0 Å². The first-order valence-corrected chi connectivity index (χ1v) is 6.26. The minimum absolute atomic E-state index is 0.0714. The van der Waals surface area contributed by atoms with Gasteiger partial charge in [-0.3, -0.25) is 4.79 Å². The van der Waals surface area contributed by atoms with Crippen LogP contribution in [0.2, 0.25) is 0 Å². The van der Waals surface area contributed by atoms with Crippen molar-refractivity contribution < 1.29 is 9.90 Å². The Kier molecular flexibility index (Phi) is 4.06. The predicted octanol–water partition coefficient (Wildman–Crippen LogP) is 1.36. The Balaban J connectivity index is 2.26. The molecule has 1 amide bonds. The topological polar surface area (TPSA) is 75.1 Å². The predicted molar refractivity (Wildman–Crippen MR) is 73.0 cm³/mol. The Bertz CT molecular complexity index is 611. The maximum Gasteiger partial charge on any atom is 0.251 e. The van der Waals surface area contributed by atoms with E-state index in [1.165, 1.54) is 0 Å². The standard InChI is InChI=1S/C14H17N3O2/c1-9-10(2)17-13-8-11(4-5-12(13)16-9)14(19)15-6-3-7-18/h4-5,8,18H,3,6-7H2,1-2H3,(H,15,19). The van der Waals surface area contributed by atoms with Crippen LogP contribution in [0.25, 0.3) is 11.0 Å². The average Bonchev–Trinajstić information content (AvgIpc) is 2.40. The number of aromatic nitrogens is 2. The summed E-state index contributed by atoms with van der Waals surface area (Å²) in [5, 5.41) is 11.4. The summed E-state index contributed by atoms with van der Waals surface area (Å²) in [6.07, 6.45) is 0.553. The highest BCUT2D eigenvalue weighted by atomic mass is 16.3. The van der Waals surface area contributed by atoms with Gasteiger partial charge in [0.15, 0.2) is 0 Å². The molecule has 5 nitrogen and oxygen atoms in total. The zero-order valence-corrected chi connectivity index (χ0v) is 11.1. The van der Waals surface area contributed by atoms with Crippen LogP contribution in [-0.4, -0.2) is 34.1 Å². The van der Waals surface area contributed by atoms with Gasteiger partial charge in [0.05, 0.1) is 22.4 Å². The summed E-state index contributed by atoms with van der Waals surface area (Å²) in [7, 11) is 0. The second-order valence-corrected chi connectivity index (χ2v) is 4.43. The summed E-state index contributed by atoms with van der Waals surface area (Å²) >= 11 is 0. The van der Waals surface area contributed by atoms with Crippen LogP contribution < -0.4 is 5.32 Å². The molecule has 0 spiro atoms. The van der Waals surface area contributed by atoms with E-state index in [2.05, 4.69) is 15.3 Å². The molecule has 0 aliphatic rings. The number of fused-ring (bicyclic) bond motifs is 1. The van der Waals surface area contributed by atoms with Crippen molar-refractivity contribution in [3.05, 3.63) is 35.2 Å². The molecule has 1 heterocycles. The molecule has 0 aliphatic carbocycles. The Morgan fingerprint density at radius 1 is 1.21 bits per heavy atom. The average molecular weight is 259 g/mol. The normalized spacial score (nSPS) is 10.7. The summed E-state index contributed by atoms with van der Waals surface area (Å²) in [6.45, 7) is 4.35. The van der Waals surface area contributed by atoms with Gasteiger partial charge in [0.25, 0.3) is 5.91 Å². The summed E-state index contributed by atoms with van der Waals surface area (Å²) in [5.74, 6) is -0.157. The molecule has 0 saturated heterocycles. The number of nitrogens with zero attached hydrogens (tertiary/aromatic N) is 2. The number of aliphatic hydroxyl groups excluding tert-OH is 1. The second-order valence-electron chi connectivity index (χ2n) is 4.43. The molecule has 5 heteroatoms. The molecule has 0 unspecified atom stereocenters. The quantitative estimate of drug-likeness (QED) is 0.813. The minimum atomic E-state index is -0.157. The van der Waals surface area contributed by atoms with Crippen molar-refractivity contribution in [2.75, 3.05) is 13.2 Å². The molecule has 0 atom stereocenters. The summed E-state index contributed by atoms with van der Waals surface area (Å²) in [4.78, 5) is 20.7. The number of carbonyl (C=O) groups is 1. The molecule has 2 rings (SSSR count). The van der Waals surface area contributed by atoms with E-state index in [9.17, 15) is 4.79 Å². The van der Waals surface area contributed by atoms with Crippen molar-refractivity contribution in [1.82, 2.24) is 15.3 Å². The van der Waals surface area contributed by atoms with Crippen molar-refractivity contribution in [2.45, 2.75) is 20.3 Å². The van der Waals surface area contributed by atoms with Gasteiger partial charge in [0.2, 0.25) is 0 Å². The van der Waals surface area contributed by atoms with Gasteiger partial charge in [-0.05, 0) is 38.5 Å². The van der Waals surface area contributed by atoms with Crippen molar-refractivity contribution in [2.24, 2.45) is 0 Å². The fourth-order valence-corrected chi connectivity index (χ4v) is 1.75. The number of aryl methyl sites for hydroxylation is 2. The van der Waals surface area contributed by atoms with Crippen LogP contribution in [0.3, 0.4) is 0 Å². The van der Waals surface area contributed by atoms with Gasteiger partial charge in [-0.1, -0.05) is 0 Å². The molecule has 2 aromatic rings. The van der Waals surface area contributed by atoms with Gasteiger partial charge >= 0.3 is 0 Å². The summed E-state index contributed by atoms with van der Waals surface area (Å²) < 4.78 is 0. The number of carbonyl (C=O) groups excluding carboxylic acids is 1. The molecule has 1 aromatic carbocycles. The van der Waals surface area contributed by atoms with E-state index >= 15 is 0 Å². The van der Waals surface area contributed by atoms with E-state index in [0.717, 1.165) is 22.4 Å². The van der Waals surface area contributed by atoms with Crippen LogP contribution in [0.5, 0.6) is 0 Å². The van der Waals surface area contributed by atoms with Gasteiger partial charge in [-0.25, -0.2) is 9.97 Å². The number of benzene rings is 1. The van der Waals surface area contributed by atoms with Crippen LogP contribution in [0.4, 0.5) is 0 Å². The lowest BCUT2D eigenvalue weighted by atomic mass is 10.1. The Hall–Kier alpha value is -2.01. The third-order valence-corrected chi connectivity index (χ3v) is 2.96. The van der Waals surface area contributed by atoms with E-state index < -0.39 is 0 Å². The highest BCUT2D eigenvalue weighted by molar-refractivity contribution is 5.97. The zero-order chi connectivity index (χ0) is 13.8. The molecular weight excluding hydrogens is 242 g/mol. The fraction of sp³-hybridized carbons (Fsp3) is 0.357. The van der Waals surface area contributed by atoms with Crippen LogP contribution in [-0.2, 0) is 0 Å². The smallest absolute Gasteiger partial charge is 0.251 e. The molecule has 0 saturated carbocycles.